The van der Waals surface area contributed by atoms with E-state index in [2.05, 4.69) is 47.0 Å². The van der Waals surface area contributed by atoms with Gasteiger partial charge in [0.1, 0.15) is 5.65 Å². The van der Waals surface area contributed by atoms with Crippen LogP contribution in [-0.2, 0) is 0 Å². The normalized spacial score (nSPS) is 17.3. The van der Waals surface area contributed by atoms with Crippen molar-refractivity contribution >= 4 is 16.7 Å². The fourth-order valence-corrected chi connectivity index (χ4v) is 3.37. The third-order valence-corrected chi connectivity index (χ3v) is 4.41. The molecule has 2 nitrogen and oxygen atoms in total. The number of nitrogens with zero attached hydrogens (tertiary/aromatic N) is 2. The van der Waals surface area contributed by atoms with Crippen molar-refractivity contribution in [1.82, 2.24) is 9.38 Å². The second kappa shape index (κ2) is 4.37. The highest BCUT2D eigenvalue weighted by Gasteiger charge is 2.16. The van der Waals surface area contributed by atoms with Gasteiger partial charge in [-0.25, -0.2) is 4.98 Å². The number of imidazole rings is 1. The molecule has 96 valence electrons. The molecule has 0 saturated heterocycles. The van der Waals surface area contributed by atoms with Crippen molar-refractivity contribution in [3.63, 3.8) is 0 Å². The van der Waals surface area contributed by atoms with E-state index < -0.39 is 0 Å². The molecule has 0 atom stereocenters. The molecule has 2 heterocycles. The lowest BCUT2D eigenvalue weighted by Crippen LogP contribution is -2.04. The molecule has 0 spiro atoms. The summed E-state index contributed by atoms with van der Waals surface area (Å²) >= 11 is 0. The first kappa shape index (κ1) is 11.0. The molecule has 0 bridgehead atoms. The molecule has 1 fully saturated rings. The molecular weight excluding hydrogens is 232 g/mol. The summed E-state index contributed by atoms with van der Waals surface area (Å²) in [6.07, 6.45) is 9.05. The predicted octanol–water partition coefficient (Wildman–Crippen LogP) is 4.54. The Hall–Kier alpha value is -1.83. The van der Waals surface area contributed by atoms with Gasteiger partial charge in [0.15, 0.2) is 0 Å². The number of pyridine rings is 1. The van der Waals surface area contributed by atoms with Crippen LogP contribution in [0.4, 0.5) is 0 Å². The summed E-state index contributed by atoms with van der Waals surface area (Å²) in [6.45, 7) is 0. The van der Waals surface area contributed by atoms with E-state index in [0.29, 0.717) is 0 Å². The summed E-state index contributed by atoms with van der Waals surface area (Å²) in [5.74, 6) is 0.749. The van der Waals surface area contributed by atoms with E-state index in [0.717, 1.165) is 17.1 Å². The minimum atomic E-state index is 0.749. The smallest absolute Gasteiger partial charge is 0.138 e. The first-order valence-corrected chi connectivity index (χ1v) is 7.28. The minimum absolute atomic E-state index is 0.749. The van der Waals surface area contributed by atoms with E-state index in [9.17, 15) is 0 Å². The van der Waals surface area contributed by atoms with Crippen LogP contribution in [0.25, 0.3) is 16.7 Å². The maximum absolute atomic E-state index is 4.73. The predicted molar refractivity (Wildman–Crippen MR) is 78.5 cm³/mol. The number of hydrogen-bond acceptors (Lipinski definition) is 1. The summed E-state index contributed by atoms with van der Waals surface area (Å²) in [6, 6.07) is 12.9. The molecule has 0 radical (unpaired) electrons. The van der Waals surface area contributed by atoms with Gasteiger partial charge in [-0.2, -0.15) is 0 Å². The Morgan fingerprint density at radius 2 is 1.84 bits per heavy atom. The number of hydrogen-bond donors (Lipinski definition) is 0. The molecule has 1 aromatic carbocycles. The molecule has 19 heavy (non-hydrogen) atoms. The van der Waals surface area contributed by atoms with Crippen LogP contribution in [0, 0.1) is 0 Å². The maximum atomic E-state index is 4.73. The Bertz CT molecular complexity index is 720. The van der Waals surface area contributed by atoms with Gasteiger partial charge in [-0.1, -0.05) is 31.4 Å². The molecular formula is C17H18N2. The third kappa shape index (κ3) is 1.83. The first-order chi connectivity index (χ1) is 9.42. The zero-order valence-electron chi connectivity index (χ0n) is 11.0. The van der Waals surface area contributed by atoms with E-state index in [4.69, 9.17) is 4.98 Å². The van der Waals surface area contributed by atoms with Gasteiger partial charge in [-0.15, -0.1) is 0 Å². The average Bonchev–Trinajstić information content (AvgIpc) is 2.86. The molecule has 2 heteroatoms. The number of rotatable bonds is 1. The number of benzene rings is 1. The molecule has 1 saturated carbocycles. The molecule has 3 aromatic rings. The van der Waals surface area contributed by atoms with E-state index >= 15 is 0 Å². The third-order valence-electron chi connectivity index (χ3n) is 4.41. The largest absolute Gasteiger partial charge is 0.300 e. The summed E-state index contributed by atoms with van der Waals surface area (Å²) in [5, 5.41) is 0. The van der Waals surface area contributed by atoms with Gasteiger partial charge >= 0.3 is 0 Å². The van der Waals surface area contributed by atoms with Crippen LogP contribution in [0.2, 0.25) is 0 Å². The van der Waals surface area contributed by atoms with Gasteiger partial charge in [0.05, 0.1) is 11.0 Å². The second-order valence-corrected chi connectivity index (χ2v) is 5.62. The van der Waals surface area contributed by atoms with Crippen LogP contribution in [-0.4, -0.2) is 9.38 Å². The maximum Gasteiger partial charge on any atom is 0.138 e. The van der Waals surface area contributed by atoms with Crippen molar-refractivity contribution in [3.8, 4) is 0 Å². The number of fused-ring (bicyclic) bond motifs is 3. The highest BCUT2D eigenvalue weighted by atomic mass is 15.0. The quantitative estimate of drug-likeness (QED) is 0.620. The Kier molecular flexibility index (Phi) is 2.54. The Labute approximate surface area is 113 Å². The monoisotopic (exact) mass is 250 g/mol. The summed E-state index contributed by atoms with van der Waals surface area (Å²) < 4.78 is 2.20. The Balaban J connectivity index is 1.84. The van der Waals surface area contributed by atoms with Crippen LogP contribution in [0.5, 0.6) is 0 Å². The van der Waals surface area contributed by atoms with Crippen LogP contribution in [0.3, 0.4) is 0 Å². The molecule has 1 aliphatic rings. The summed E-state index contributed by atoms with van der Waals surface area (Å²) in [7, 11) is 0. The van der Waals surface area contributed by atoms with Gasteiger partial charge in [0.25, 0.3) is 0 Å². The lowest BCUT2D eigenvalue weighted by atomic mass is 9.84. The molecule has 0 amide bonds. The second-order valence-electron chi connectivity index (χ2n) is 5.62. The van der Waals surface area contributed by atoms with Crippen molar-refractivity contribution < 1.29 is 0 Å². The van der Waals surface area contributed by atoms with Crippen molar-refractivity contribution in [1.29, 1.82) is 0 Å². The molecule has 0 N–H and O–H groups in total. The SMILES string of the molecule is c1ccc2c(c1)nc1cc(C3CCCCC3)ccn12. The van der Waals surface area contributed by atoms with Gasteiger partial charge in [0.2, 0.25) is 0 Å². The molecule has 4 rings (SSSR count). The van der Waals surface area contributed by atoms with Crippen molar-refractivity contribution in [2.75, 3.05) is 0 Å². The van der Waals surface area contributed by atoms with Gasteiger partial charge in [0, 0.05) is 6.20 Å². The van der Waals surface area contributed by atoms with Crippen LogP contribution < -0.4 is 0 Å². The lowest BCUT2D eigenvalue weighted by molar-refractivity contribution is 0.443. The Morgan fingerprint density at radius 3 is 2.74 bits per heavy atom. The van der Waals surface area contributed by atoms with Gasteiger partial charge < -0.3 is 0 Å². The topological polar surface area (TPSA) is 17.3 Å². The highest BCUT2D eigenvalue weighted by Crippen LogP contribution is 2.33. The fourth-order valence-electron chi connectivity index (χ4n) is 3.37. The number of para-hydroxylation sites is 2. The molecule has 1 aliphatic carbocycles. The van der Waals surface area contributed by atoms with E-state index in [1.165, 1.54) is 43.2 Å². The summed E-state index contributed by atoms with van der Waals surface area (Å²) in [4.78, 5) is 4.73. The first-order valence-electron chi connectivity index (χ1n) is 7.28. The molecule has 2 aromatic heterocycles. The van der Waals surface area contributed by atoms with Gasteiger partial charge in [-0.3, -0.25) is 4.40 Å². The van der Waals surface area contributed by atoms with Crippen LogP contribution in [0.15, 0.2) is 42.6 Å². The van der Waals surface area contributed by atoms with E-state index in [1.54, 1.807) is 0 Å². The van der Waals surface area contributed by atoms with Crippen molar-refractivity contribution in [2.45, 2.75) is 38.0 Å². The fraction of sp³-hybridized carbons (Fsp3) is 0.353. The Morgan fingerprint density at radius 1 is 1.00 bits per heavy atom. The zero-order chi connectivity index (χ0) is 12.7. The molecule has 0 unspecified atom stereocenters. The van der Waals surface area contributed by atoms with E-state index in [1.807, 2.05) is 0 Å². The molecule has 0 aliphatic heterocycles. The highest BCUT2D eigenvalue weighted by molar-refractivity contribution is 5.80. The van der Waals surface area contributed by atoms with E-state index in [-0.39, 0.29) is 0 Å². The standard InChI is InChI=1S/C17H18N2/c1-2-6-13(7-3-1)14-10-11-19-16-9-5-4-8-15(16)18-17(19)12-14/h4-5,8-13H,1-3,6-7H2. The van der Waals surface area contributed by atoms with Crippen LogP contribution in [0.1, 0.15) is 43.6 Å². The number of aromatic nitrogens is 2. The van der Waals surface area contributed by atoms with Crippen LogP contribution >= 0.6 is 0 Å². The van der Waals surface area contributed by atoms with Gasteiger partial charge in [-0.05, 0) is 48.6 Å². The van der Waals surface area contributed by atoms with Crippen molar-refractivity contribution in [2.24, 2.45) is 0 Å². The minimum Gasteiger partial charge on any atom is -0.300 e. The average molecular weight is 250 g/mol. The zero-order valence-corrected chi connectivity index (χ0v) is 11.0. The summed E-state index contributed by atoms with van der Waals surface area (Å²) in [5.41, 5.74) is 4.85. The lowest BCUT2D eigenvalue weighted by Gasteiger charge is -2.21. The van der Waals surface area contributed by atoms with Crippen molar-refractivity contribution in [3.05, 3.63) is 48.2 Å².